The first-order chi connectivity index (χ1) is 8.92. The Morgan fingerprint density at radius 3 is 2.00 bits per heavy atom. The molecule has 0 aromatic heterocycles. The number of carboxylic acid groups (broad SMARTS) is 1. The minimum absolute atomic E-state index is 0.250. The van der Waals surface area contributed by atoms with E-state index in [1.165, 1.54) is 0 Å². The van der Waals surface area contributed by atoms with Crippen molar-refractivity contribution in [2.24, 2.45) is 0 Å². The molecule has 0 bridgehead atoms. The standard InChI is InChI=1S/C10H20O5Si.CH2O2/c1-9(2)10(11)15-7-6-8-16(12-3,13-4)14-5;2-1-3/h1,6-8H2,2-5H3;1H,(H,2,3). The molecule has 19 heavy (non-hydrogen) atoms. The molecule has 0 heterocycles. The molecule has 0 aliphatic heterocycles. The van der Waals surface area contributed by atoms with Gasteiger partial charge in [-0.1, -0.05) is 6.58 Å². The van der Waals surface area contributed by atoms with Crippen molar-refractivity contribution in [2.75, 3.05) is 27.9 Å². The highest BCUT2D eigenvalue weighted by Crippen LogP contribution is 2.14. The molecule has 1 N–H and O–H groups in total. The van der Waals surface area contributed by atoms with Crippen molar-refractivity contribution >= 4 is 21.2 Å². The molecule has 0 unspecified atom stereocenters. The van der Waals surface area contributed by atoms with Crippen molar-refractivity contribution in [2.45, 2.75) is 19.4 Å². The van der Waals surface area contributed by atoms with Gasteiger partial charge in [0.05, 0.1) is 6.61 Å². The Balaban J connectivity index is 0. The van der Waals surface area contributed by atoms with E-state index in [1.807, 2.05) is 0 Å². The Morgan fingerprint density at radius 2 is 1.68 bits per heavy atom. The Bertz CT molecular complexity index is 268. The molecule has 0 rings (SSSR count). The van der Waals surface area contributed by atoms with E-state index < -0.39 is 8.80 Å². The summed E-state index contributed by atoms with van der Waals surface area (Å²) in [6, 6.07) is 0.611. The first kappa shape index (κ1) is 20.1. The van der Waals surface area contributed by atoms with Crippen LogP contribution in [0.2, 0.25) is 6.04 Å². The van der Waals surface area contributed by atoms with Crippen molar-refractivity contribution in [1.29, 1.82) is 0 Å². The zero-order chi connectivity index (χ0) is 15.3. The Labute approximate surface area is 114 Å². The van der Waals surface area contributed by atoms with Crippen molar-refractivity contribution < 1.29 is 32.7 Å². The van der Waals surface area contributed by atoms with Crippen molar-refractivity contribution in [3.63, 3.8) is 0 Å². The molecule has 0 atom stereocenters. The monoisotopic (exact) mass is 294 g/mol. The third-order valence-corrected chi connectivity index (χ3v) is 4.97. The predicted octanol–water partition coefficient (Wildman–Crippen LogP) is 1.07. The lowest BCUT2D eigenvalue weighted by molar-refractivity contribution is -0.139. The molecular formula is C11H22O7Si. The molecule has 0 saturated heterocycles. The van der Waals surface area contributed by atoms with Gasteiger partial charge >= 0.3 is 14.8 Å². The second kappa shape index (κ2) is 11.8. The van der Waals surface area contributed by atoms with Crippen LogP contribution in [0.1, 0.15) is 13.3 Å². The third kappa shape index (κ3) is 9.37. The minimum Gasteiger partial charge on any atom is -0.483 e. The van der Waals surface area contributed by atoms with Gasteiger partial charge in [0.15, 0.2) is 0 Å². The average Bonchev–Trinajstić information content (AvgIpc) is 2.40. The van der Waals surface area contributed by atoms with Gasteiger partial charge in [0.1, 0.15) is 0 Å². The van der Waals surface area contributed by atoms with Crippen LogP contribution in [0.5, 0.6) is 0 Å². The Kier molecular flexibility index (Phi) is 12.5. The Hall–Kier alpha value is -1.22. The largest absolute Gasteiger partial charge is 0.500 e. The predicted molar refractivity (Wildman–Crippen MR) is 70.7 cm³/mol. The van der Waals surface area contributed by atoms with Crippen LogP contribution in [0.25, 0.3) is 0 Å². The van der Waals surface area contributed by atoms with Crippen LogP contribution in [-0.2, 0) is 27.6 Å². The normalized spacial score (nSPS) is 10.1. The third-order valence-electron chi connectivity index (χ3n) is 2.14. The van der Waals surface area contributed by atoms with Gasteiger partial charge in [-0.25, -0.2) is 4.79 Å². The Morgan fingerprint density at radius 1 is 1.26 bits per heavy atom. The topological polar surface area (TPSA) is 91.3 Å². The van der Waals surface area contributed by atoms with Gasteiger partial charge in [-0.2, -0.15) is 0 Å². The summed E-state index contributed by atoms with van der Waals surface area (Å²) in [5.74, 6) is -0.375. The van der Waals surface area contributed by atoms with E-state index in [1.54, 1.807) is 28.3 Å². The molecule has 0 aromatic carbocycles. The molecule has 0 aliphatic rings. The zero-order valence-electron chi connectivity index (χ0n) is 11.8. The molecule has 0 saturated carbocycles. The number of hydrogen-bond acceptors (Lipinski definition) is 6. The summed E-state index contributed by atoms with van der Waals surface area (Å²) < 4.78 is 20.6. The minimum atomic E-state index is -2.53. The van der Waals surface area contributed by atoms with Gasteiger partial charge in [0.25, 0.3) is 6.47 Å². The van der Waals surface area contributed by atoms with Crippen LogP contribution in [-0.4, -0.2) is 54.3 Å². The van der Waals surface area contributed by atoms with Gasteiger partial charge in [0.2, 0.25) is 0 Å². The summed E-state index contributed by atoms with van der Waals surface area (Å²) in [6.45, 7) is 5.17. The summed E-state index contributed by atoms with van der Waals surface area (Å²) >= 11 is 0. The maximum absolute atomic E-state index is 11.1. The lowest BCUT2D eigenvalue weighted by Gasteiger charge is -2.24. The second-order valence-corrected chi connectivity index (χ2v) is 6.51. The number of rotatable bonds is 8. The molecular weight excluding hydrogens is 272 g/mol. The lowest BCUT2D eigenvalue weighted by atomic mass is 10.4. The van der Waals surface area contributed by atoms with Gasteiger partial charge in [-0.15, -0.1) is 0 Å². The molecule has 112 valence electrons. The van der Waals surface area contributed by atoms with Crippen LogP contribution in [0.3, 0.4) is 0 Å². The van der Waals surface area contributed by atoms with Crippen molar-refractivity contribution in [1.82, 2.24) is 0 Å². The van der Waals surface area contributed by atoms with E-state index in [-0.39, 0.29) is 12.4 Å². The summed E-state index contributed by atoms with van der Waals surface area (Å²) in [5.41, 5.74) is 0.397. The summed E-state index contributed by atoms with van der Waals surface area (Å²) in [7, 11) is 2.13. The zero-order valence-corrected chi connectivity index (χ0v) is 12.8. The van der Waals surface area contributed by atoms with E-state index in [4.69, 9.17) is 27.9 Å². The summed E-state index contributed by atoms with van der Waals surface area (Å²) in [6.07, 6.45) is 0.640. The summed E-state index contributed by atoms with van der Waals surface area (Å²) in [4.78, 5) is 19.4. The van der Waals surface area contributed by atoms with E-state index in [2.05, 4.69) is 6.58 Å². The molecule has 0 amide bonds. The smallest absolute Gasteiger partial charge is 0.483 e. The highest BCUT2D eigenvalue weighted by molar-refractivity contribution is 6.60. The maximum atomic E-state index is 11.1. The van der Waals surface area contributed by atoms with Gasteiger partial charge in [-0.05, 0) is 13.3 Å². The number of carbonyl (C=O) groups is 2. The molecule has 0 aromatic rings. The van der Waals surface area contributed by atoms with Crippen LogP contribution in [0, 0.1) is 0 Å². The first-order valence-corrected chi connectivity index (χ1v) is 7.42. The molecule has 0 fully saturated rings. The van der Waals surface area contributed by atoms with E-state index >= 15 is 0 Å². The fourth-order valence-electron chi connectivity index (χ4n) is 1.13. The molecule has 0 aliphatic carbocycles. The highest BCUT2D eigenvalue weighted by Gasteiger charge is 2.36. The molecule has 0 radical (unpaired) electrons. The average molecular weight is 294 g/mol. The molecule has 0 spiro atoms. The van der Waals surface area contributed by atoms with Gasteiger partial charge in [-0.3, -0.25) is 4.79 Å². The van der Waals surface area contributed by atoms with Crippen molar-refractivity contribution in [3.05, 3.63) is 12.2 Å². The van der Waals surface area contributed by atoms with Crippen LogP contribution in [0.4, 0.5) is 0 Å². The molecule has 7 nitrogen and oxygen atoms in total. The van der Waals surface area contributed by atoms with E-state index in [0.717, 1.165) is 0 Å². The van der Waals surface area contributed by atoms with Crippen LogP contribution in [0.15, 0.2) is 12.2 Å². The molecule has 8 heteroatoms. The number of ether oxygens (including phenoxy) is 1. The van der Waals surface area contributed by atoms with E-state index in [0.29, 0.717) is 24.6 Å². The fraction of sp³-hybridized carbons (Fsp3) is 0.636. The van der Waals surface area contributed by atoms with E-state index in [9.17, 15) is 4.79 Å². The second-order valence-electron chi connectivity index (χ2n) is 3.42. The highest BCUT2D eigenvalue weighted by atomic mass is 28.4. The van der Waals surface area contributed by atoms with Crippen LogP contribution >= 0.6 is 0 Å². The number of carbonyl (C=O) groups excluding carboxylic acids is 1. The van der Waals surface area contributed by atoms with Gasteiger partial charge in [0, 0.05) is 32.9 Å². The fourth-order valence-corrected chi connectivity index (χ4v) is 2.82. The quantitative estimate of drug-likeness (QED) is 0.235. The van der Waals surface area contributed by atoms with Crippen LogP contribution < -0.4 is 0 Å². The lowest BCUT2D eigenvalue weighted by Crippen LogP contribution is -2.42. The number of hydrogen-bond donors (Lipinski definition) is 1. The van der Waals surface area contributed by atoms with Crippen molar-refractivity contribution in [3.8, 4) is 0 Å². The first-order valence-electron chi connectivity index (χ1n) is 5.49. The van der Waals surface area contributed by atoms with Gasteiger partial charge < -0.3 is 23.1 Å². The number of esters is 1. The summed E-state index contributed by atoms with van der Waals surface area (Å²) in [5, 5.41) is 6.89. The maximum Gasteiger partial charge on any atom is 0.500 e. The SMILES string of the molecule is C=C(C)C(=O)OCCC[Si](OC)(OC)OC.O=CO.